The zero-order valence-electron chi connectivity index (χ0n) is 15.3. The van der Waals surface area contributed by atoms with E-state index < -0.39 is 0 Å². The van der Waals surface area contributed by atoms with Gasteiger partial charge in [-0.25, -0.2) is 0 Å². The SMILES string of the molecule is COCCCNC(=S)N(C)NC(=O)/C=C/c1cc(Cl)c(OC)c(OC)c1. The highest BCUT2D eigenvalue weighted by Crippen LogP contribution is 2.36. The summed E-state index contributed by atoms with van der Waals surface area (Å²) >= 11 is 11.3. The van der Waals surface area contributed by atoms with Crippen molar-refractivity contribution in [3.05, 3.63) is 28.8 Å². The van der Waals surface area contributed by atoms with E-state index in [9.17, 15) is 4.79 Å². The number of methoxy groups -OCH3 is 3. The molecule has 0 aliphatic rings. The van der Waals surface area contributed by atoms with Crippen LogP contribution in [0, 0.1) is 0 Å². The van der Waals surface area contributed by atoms with Gasteiger partial charge < -0.3 is 19.5 Å². The molecule has 144 valence electrons. The molecule has 7 nitrogen and oxygen atoms in total. The van der Waals surface area contributed by atoms with Gasteiger partial charge in [-0.2, -0.15) is 0 Å². The maximum atomic E-state index is 12.0. The first-order valence-corrected chi connectivity index (χ1v) is 8.62. The zero-order chi connectivity index (χ0) is 19.5. The first-order chi connectivity index (χ1) is 12.4. The average molecular weight is 402 g/mol. The summed E-state index contributed by atoms with van der Waals surface area (Å²) in [5.41, 5.74) is 3.34. The highest BCUT2D eigenvalue weighted by molar-refractivity contribution is 7.80. The molecular weight excluding hydrogens is 378 g/mol. The molecule has 9 heteroatoms. The third-order valence-corrected chi connectivity index (χ3v) is 3.97. The van der Waals surface area contributed by atoms with Gasteiger partial charge in [-0.1, -0.05) is 11.6 Å². The fourth-order valence-corrected chi connectivity index (χ4v) is 2.43. The zero-order valence-corrected chi connectivity index (χ0v) is 16.9. The minimum Gasteiger partial charge on any atom is -0.493 e. The van der Waals surface area contributed by atoms with E-state index in [0.717, 1.165) is 6.42 Å². The third kappa shape index (κ3) is 7.07. The molecule has 0 saturated heterocycles. The van der Waals surface area contributed by atoms with Crippen molar-refractivity contribution < 1.29 is 19.0 Å². The number of halogens is 1. The van der Waals surface area contributed by atoms with Crippen LogP contribution in [0.1, 0.15) is 12.0 Å². The Hall–Kier alpha value is -2.03. The first-order valence-electron chi connectivity index (χ1n) is 7.83. The Kier molecular flexibility index (Phi) is 9.79. The van der Waals surface area contributed by atoms with Gasteiger partial charge in [0, 0.05) is 33.4 Å². The Balaban J connectivity index is 2.61. The lowest BCUT2D eigenvalue weighted by Gasteiger charge is -2.20. The minimum absolute atomic E-state index is 0.334. The molecular formula is C17H24ClN3O4S. The van der Waals surface area contributed by atoms with Crippen LogP contribution >= 0.6 is 23.8 Å². The van der Waals surface area contributed by atoms with E-state index in [1.54, 1.807) is 32.4 Å². The lowest BCUT2D eigenvalue weighted by atomic mass is 10.2. The summed E-state index contributed by atoms with van der Waals surface area (Å²) in [6, 6.07) is 3.40. The molecule has 1 aromatic carbocycles. The van der Waals surface area contributed by atoms with Crippen LogP contribution in [-0.4, -0.2) is 57.6 Å². The van der Waals surface area contributed by atoms with Gasteiger partial charge in [0.05, 0.1) is 19.2 Å². The lowest BCUT2D eigenvalue weighted by Crippen LogP contribution is -2.47. The fraction of sp³-hybridized carbons (Fsp3) is 0.412. The first kappa shape index (κ1) is 22.0. The number of rotatable bonds is 8. The number of thiocarbonyl (C=S) groups is 1. The Morgan fingerprint density at radius 1 is 1.31 bits per heavy atom. The highest BCUT2D eigenvalue weighted by atomic mass is 35.5. The van der Waals surface area contributed by atoms with Crippen molar-refractivity contribution in [2.24, 2.45) is 0 Å². The van der Waals surface area contributed by atoms with Gasteiger partial charge in [-0.05, 0) is 42.4 Å². The maximum absolute atomic E-state index is 12.0. The number of amides is 1. The molecule has 26 heavy (non-hydrogen) atoms. The van der Waals surface area contributed by atoms with Crippen molar-refractivity contribution in [2.45, 2.75) is 6.42 Å². The molecule has 0 radical (unpaired) electrons. The largest absolute Gasteiger partial charge is 0.493 e. The standard InChI is InChI=1S/C17H24ClN3O4S/c1-21(17(26)19-8-5-9-23-2)20-15(22)7-6-12-10-13(18)16(25-4)14(11-12)24-3/h6-7,10-11H,5,8-9H2,1-4H3,(H,19,26)(H,20,22)/b7-6+. The maximum Gasteiger partial charge on any atom is 0.262 e. The van der Waals surface area contributed by atoms with Gasteiger partial charge in [0.2, 0.25) is 0 Å². The molecule has 0 bridgehead atoms. The Labute approximate surface area is 164 Å². The fourth-order valence-electron chi connectivity index (χ4n) is 1.99. The molecule has 0 aliphatic carbocycles. The summed E-state index contributed by atoms with van der Waals surface area (Å²) in [6.45, 7) is 1.30. The number of benzene rings is 1. The van der Waals surface area contributed by atoms with Gasteiger partial charge in [-0.3, -0.25) is 15.2 Å². The van der Waals surface area contributed by atoms with E-state index in [-0.39, 0.29) is 5.91 Å². The smallest absolute Gasteiger partial charge is 0.262 e. The van der Waals surface area contributed by atoms with Crippen molar-refractivity contribution in [1.82, 2.24) is 15.8 Å². The van der Waals surface area contributed by atoms with Gasteiger partial charge >= 0.3 is 0 Å². The van der Waals surface area contributed by atoms with Crippen LogP contribution in [0.3, 0.4) is 0 Å². The summed E-state index contributed by atoms with van der Waals surface area (Å²) in [4.78, 5) is 12.0. The highest BCUT2D eigenvalue weighted by Gasteiger charge is 2.10. The molecule has 1 amide bonds. The van der Waals surface area contributed by atoms with Crippen LogP contribution in [0.4, 0.5) is 0 Å². The van der Waals surface area contributed by atoms with Crippen LogP contribution in [0.15, 0.2) is 18.2 Å². The Bertz CT molecular complexity index is 655. The number of nitrogens with one attached hydrogen (secondary N) is 2. The number of nitrogens with zero attached hydrogens (tertiary/aromatic N) is 1. The van der Waals surface area contributed by atoms with Crippen LogP contribution < -0.4 is 20.2 Å². The van der Waals surface area contributed by atoms with Crippen LogP contribution in [0.2, 0.25) is 5.02 Å². The number of ether oxygens (including phenoxy) is 3. The molecule has 1 rings (SSSR count). The molecule has 0 saturated carbocycles. The van der Waals surface area contributed by atoms with E-state index in [0.29, 0.717) is 40.3 Å². The third-order valence-electron chi connectivity index (χ3n) is 3.27. The van der Waals surface area contributed by atoms with Crippen LogP contribution in [-0.2, 0) is 9.53 Å². The number of carbonyl (C=O) groups is 1. The second-order valence-electron chi connectivity index (χ2n) is 5.18. The second-order valence-corrected chi connectivity index (χ2v) is 5.98. The van der Waals surface area contributed by atoms with Gasteiger partial charge in [0.15, 0.2) is 16.6 Å². The molecule has 0 aromatic heterocycles. The summed E-state index contributed by atoms with van der Waals surface area (Å²) in [7, 11) is 6.33. The summed E-state index contributed by atoms with van der Waals surface area (Å²) in [5.74, 6) is 0.596. The van der Waals surface area contributed by atoms with Gasteiger partial charge in [0.1, 0.15) is 0 Å². The lowest BCUT2D eigenvalue weighted by molar-refractivity contribution is -0.119. The van der Waals surface area contributed by atoms with Crippen molar-refractivity contribution in [3.63, 3.8) is 0 Å². The predicted molar refractivity (Wildman–Crippen MR) is 107 cm³/mol. The Morgan fingerprint density at radius 3 is 2.65 bits per heavy atom. The average Bonchev–Trinajstić information content (AvgIpc) is 2.62. The number of hydrogen-bond donors (Lipinski definition) is 2. The topological polar surface area (TPSA) is 72.1 Å². The van der Waals surface area contributed by atoms with Crippen LogP contribution in [0.25, 0.3) is 6.08 Å². The van der Waals surface area contributed by atoms with Crippen LogP contribution in [0.5, 0.6) is 11.5 Å². The van der Waals surface area contributed by atoms with Crippen molar-refractivity contribution in [2.75, 3.05) is 41.5 Å². The normalized spacial score (nSPS) is 10.5. The molecule has 0 unspecified atom stereocenters. The van der Waals surface area contributed by atoms with Gasteiger partial charge in [-0.15, -0.1) is 0 Å². The molecule has 0 atom stereocenters. The summed E-state index contributed by atoms with van der Waals surface area (Å²) in [6.07, 6.45) is 3.81. The monoisotopic (exact) mass is 401 g/mol. The number of hydrogen-bond acceptors (Lipinski definition) is 5. The van der Waals surface area contributed by atoms with Crippen molar-refractivity contribution in [3.8, 4) is 11.5 Å². The summed E-state index contributed by atoms with van der Waals surface area (Å²) in [5, 5.41) is 5.27. The van der Waals surface area contributed by atoms with Gasteiger partial charge in [0.25, 0.3) is 5.91 Å². The number of hydrazine groups is 1. The van der Waals surface area contributed by atoms with E-state index in [1.807, 2.05) is 0 Å². The van der Waals surface area contributed by atoms with E-state index in [4.69, 9.17) is 38.0 Å². The Morgan fingerprint density at radius 2 is 2.04 bits per heavy atom. The molecule has 0 spiro atoms. The predicted octanol–water partition coefficient (Wildman–Crippen LogP) is 2.24. The van der Waals surface area contributed by atoms with E-state index >= 15 is 0 Å². The number of carbonyl (C=O) groups excluding carboxylic acids is 1. The second kappa shape index (κ2) is 11.6. The van der Waals surface area contributed by atoms with Crippen molar-refractivity contribution in [1.29, 1.82) is 0 Å². The molecule has 0 heterocycles. The molecule has 1 aromatic rings. The van der Waals surface area contributed by atoms with E-state index in [2.05, 4.69) is 10.7 Å². The quantitative estimate of drug-likeness (QED) is 0.299. The molecule has 0 aliphatic heterocycles. The molecule has 0 fully saturated rings. The molecule has 2 N–H and O–H groups in total. The van der Waals surface area contributed by atoms with E-state index in [1.165, 1.54) is 25.3 Å². The summed E-state index contributed by atoms with van der Waals surface area (Å²) < 4.78 is 15.4. The van der Waals surface area contributed by atoms with Crippen molar-refractivity contribution >= 4 is 40.9 Å². The minimum atomic E-state index is -0.334.